The minimum atomic E-state index is -1.14. The zero-order valence-corrected chi connectivity index (χ0v) is 14.6. The minimum absolute atomic E-state index is 0.0162. The van der Waals surface area contributed by atoms with Crippen molar-refractivity contribution in [3.05, 3.63) is 76.4 Å². The fourth-order valence-electron chi connectivity index (χ4n) is 1.90. The summed E-state index contributed by atoms with van der Waals surface area (Å²) in [6.07, 6.45) is 0.330. The summed E-state index contributed by atoms with van der Waals surface area (Å²) >= 11 is 0. The number of hydrogen-bond donors (Lipinski definition) is 1. The average Bonchev–Trinajstić information content (AvgIpc) is 2.61. The van der Waals surface area contributed by atoms with Crippen molar-refractivity contribution in [2.75, 3.05) is 6.61 Å². The number of aldehydes is 1. The first-order valence-electron chi connectivity index (χ1n) is 7.70. The van der Waals surface area contributed by atoms with E-state index in [1.165, 1.54) is 31.2 Å². The lowest BCUT2D eigenvalue weighted by Gasteiger charge is -2.06. The molecule has 2 aromatic carbocycles. The fraction of sp³-hybridized carbons (Fsp3) is 0.158. The molecule has 144 valence electrons. The van der Waals surface area contributed by atoms with Gasteiger partial charge in [-0.1, -0.05) is 0 Å². The lowest BCUT2D eigenvalue weighted by Crippen LogP contribution is -2.14. The molecule has 0 spiro atoms. The van der Waals surface area contributed by atoms with E-state index in [-0.39, 0.29) is 23.4 Å². The van der Waals surface area contributed by atoms with Gasteiger partial charge < -0.3 is 10.5 Å². The van der Waals surface area contributed by atoms with Gasteiger partial charge in [0.2, 0.25) is 0 Å². The Balaban J connectivity index is 0.000000309. The van der Waals surface area contributed by atoms with Crippen LogP contribution < -0.4 is 5.73 Å². The van der Waals surface area contributed by atoms with E-state index < -0.39 is 29.2 Å². The molecule has 0 fully saturated rings. The standard InChI is InChI=1S/C12H12FNO3.C7H5F3/c1-2-17-12(16)10(7-15)11(14)8-3-5-9(13)6-4-8;1-4-2-5(8)3-6(9)7(4)10/h3-7H,2,14H2,1H3;2-3H,1H3. The maximum absolute atomic E-state index is 12.7. The second kappa shape index (κ2) is 10.1. The summed E-state index contributed by atoms with van der Waals surface area (Å²) in [7, 11) is 0. The average molecular weight is 383 g/mol. The summed E-state index contributed by atoms with van der Waals surface area (Å²) in [5, 5.41) is 0. The Hall–Kier alpha value is -3.16. The van der Waals surface area contributed by atoms with Crippen LogP contribution in [0.2, 0.25) is 0 Å². The van der Waals surface area contributed by atoms with Gasteiger partial charge in [-0.2, -0.15) is 0 Å². The third-order valence-corrected chi connectivity index (χ3v) is 3.23. The van der Waals surface area contributed by atoms with Crippen molar-refractivity contribution in [3.63, 3.8) is 0 Å². The van der Waals surface area contributed by atoms with Crippen LogP contribution in [0.25, 0.3) is 5.70 Å². The van der Waals surface area contributed by atoms with Crippen LogP contribution in [0.4, 0.5) is 17.6 Å². The van der Waals surface area contributed by atoms with Crippen molar-refractivity contribution in [2.45, 2.75) is 13.8 Å². The number of esters is 1. The van der Waals surface area contributed by atoms with Crippen LogP contribution >= 0.6 is 0 Å². The summed E-state index contributed by atoms with van der Waals surface area (Å²) in [4.78, 5) is 22.2. The van der Waals surface area contributed by atoms with Gasteiger partial charge in [0.25, 0.3) is 0 Å². The number of halogens is 4. The number of rotatable bonds is 4. The third-order valence-electron chi connectivity index (χ3n) is 3.23. The Morgan fingerprint density at radius 2 is 1.67 bits per heavy atom. The second-order valence-corrected chi connectivity index (χ2v) is 5.19. The second-order valence-electron chi connectivity index (χ2n) is 5.19. The SMILES string of the molecule is CCOC(=O)C(C=O)=C(N)c1ccc(F)cc1.Cc1cc(F)cc(F)c1F. The van der Waals surface area contributed by atoms with Gasteiger partial charge >= 0.3 is 5.97 Å². The number of nitrogens with two attached hydrogens (primary N) is 1. The summed E-state index contributed by atoms with van der Waals surface area (Å²) in [5.74, 6) is -4.09. The molecule has 0 atom stereocenters. The first kappa shape index (κ1) is 21.9. The molecule has 0 aliphatic carbocycles. The summed E-state index contributed by atoms with van der Waals surface area (Å²) in [6.45, 7) is 3.07. The lowest BCUT2D eigenvalue weighted by atomic mass is 10.1. The predicted molar refractivity (Wildman–Crippen MR) is 91.3 cm³/mol. The number of benzene rings is 2. The Labute approximate surface area is 153 Å². The quantitative estimate of drug-likeness (QED) is 0.166. The molecule has 2 rings (SSSR count). The largest absolute Gasteiger partial charge is 0.462 e. The van der Waals surface area contributed by atoms with Gasteiger partial charge in [-0.05, 0) is 55.3 Å². The topological polar surface area (TPSA) is 69.4 Å². The highest BCUT2D eigenvalue weighted by Crippen LogP contribution is 2.14. The van der Waals surface area contributed by atoms with Crippen molar-refractivity contribution >= 4 is 18.0 Å². The smallest absolute Gasteiger partial charge is 0.343 e. The zero-order valence-electron chi connectivity index (χ0n) is 14.6. The Morgan fingerprint density at radius 3 is 2.15 bits per heavy atom. The monoisotopic (exact) mass is 383 g/mol. The molecular weight excluding hydrogens is 366 g/mol. The molecule has 0 aromatic heterocycles. The van der Waals surface area contributed by atoms with E-state index >= 15 is 0 Å². The molecule has 0 saturated heterocycles. The molecule has 4 nitrogen and oxygen atoms in total. The van der Waals surface area contributed by atoms with Crippen LogP contribution in [0.3, 0.4) is 0 Å². The summed E-state index contributed by atoms with van der Waals surface area (Å²) in [5.41, 5.74) is 5.74. The highest BCUT2D eigenvalue weighted by molar-refractivity contribution is 6.14. The molecule has 0 aliphatic rings. The summed E-state index contributed by atoms with van der Waals surface area (Å²) in [6, 6.07) is 6.60. The molecule has 0 amide bonds. The Kier molecular flexibility index (Phi) is 8.19. The van der Waals surface area contributed by atoms with Crippen molar-refractivity contribution in [1.29, 1.82) is 0 Å². The van der Waals surface area contributed by atoms with Crippen LogP contribution in [0, 0.1) is 30.2 Å². The van der Waals surface area contributed by atoms with Crippen molar-refractivity contribution in [2.24, 2.45) is 5.73 Å². The molecular formula is C19H17F4NO3. The molecule has 0 aliphatic heterocycles. The molecule has 0 unspecified atom stereocenters. The maximum atomic E-state index is 12.7. The van der Waals surface area contributed by atoms with Crippen LogP contribution in [0.1, 0.15) is 18.1 Å². The first-order chi connectivity index (χ1) is 12.7. The Bertz CT molecular complexity index is 826. The van der Waals surface area contributed by atoms with E-state index in [2.05, 4.69) is 4.74 Å². The lowest BCUT2D eigenvalue weighted by molar-refractivity contribution is -0.139. The third kappa shape index (κ3) is 6.25. The van der Waals surface area contributed by atoms with Gasteiger partial charge in [-0.25, -0.2) is 22.4 Å². The normalized spacial score (nSPS) is 11.0. The molecule has 0 bridgehead atoms. The van der Waals surface area contributed by atoms with Crippen molar-refractivity contribution < 1.29 is 31.9 Å². The van der Waals surface area contributed by atoms with E-state index in [4.69, 9.17) is 5.73 Å². The maximum Gasteiger partial charge on any atom is 0.343 e. The van der Waals surface area contributed by atoms with E-state index in [0.29, 0.717) is 17.9 Å². The number of aryl methyl sites for hydroxylation is 1. The van der Waals surface area contributed by atoms with Crippen molar-refractivity contribution in [1.82, 2.24) is 0 Å². The van der Waals surface area contributed by atoms with Gasteiger partial charge in [0, 0.05) is 6.07 Å². The molecule has 0 radical (unpaired) electrons. The first-order valence-corrected chi connectivity index (χ1v) is 7.70. The van der Waals surface area contributed by atoms with Gasteiger partial charge in [-0.3, -0.25) is 4.79 Å². The van der Waals surface area contributed by atoms with Gasteiger partial charge in [0.05, 0.1) is 12.3 Å². The highest BCUT2D eigenvalue weighted by atomic mass is 19.2. The molecule has 8 heteroatoms. The van der Waals surface area contributed by atoms with Gasteiger partial charge in [-0.15, -0.1) is 0 Å². The van der Waals surface area contributed by atoms with Crippen LogP contribution in [-0.4, -0.2) is 18.9 Å². The van der Waals surface area contributed by atoms with E-state index in [0.717, 1.165) is 6.07 Å². The number of ether oxygens (including phenoxy) is 1. The predicted octanol–water partition coefficient (Wildman–Crippen LogP) is 3.67. The van der Waals surface area contributed by atoms with Crippen LogP contribution in [0.15, 0.2) is 42.0 Å². The van der Waals surface area contributed by atoms with Crippen LogP contribution in [0.5, 0.6) is 0 Å². The highest BCUT2D eigenvalue weighted by Gasteiger charge is 2.15. The molecule has 0 saturated carbocycles. The molecule has 2 N–H and O–H groups in total. The van der Waals surface area contributed by atoms with Gasteiger partial charge in [0.15, 0.2) is 17.9 Å². The fourth-order valence-corrected chi connectivity index (χ4v) is 1.90. The molecule has 2 aromatic rings. The van der Waals surface area contributed by atoms with Crippen molar-refractivity contribution in [3.8, 4) is 0 Å². The van der Waals surface area contributed by atoms with E-state index in [1.54, 1.807) is 6.92 Å². The Morgan fingerprint density at radius 1 is 1.07 bits per heavy atom. The number of hydrogen-bond acceptors (Lipinski definition) is 4. The minimum Gasteiger partial charge on any atom is -0.462 e. The van der Waals surface area contributed by atoms with Gasteiger partial charge in [0.1, 0.15) is 17.2 Å². The van der Waals surface area contributed by atoms with E-state index in [1.807, 2.05) is 0 Å². The molecule has 27 heavy (non-hydrogen) atoms. The number of carbonyl (C=O) groups excluding carboxylic acids is 2. The van der Waals surface area contributed by atoms with E-state index in [9.17, 15) is 27.2 Å². The summed E-state index contributed by atoms with van der Waals surface area (Å²) < 4.78 is 54.2. The van der Waals surface area contributed by atoms with Crippen LogP contribution in [-0.2, 0) is 14.3 Å². The molecule has 0 heterocycles. The zero-order chi connectivity index (χ0) is 20.6. The number of carbonyl (C=O) groups is 2.